The van der Waals surface area contributed by atoms with E-state index in [2.05, 4.69) is 0 Å². The number of benzene rings is 2. The molecule has 1 heterocycles. The number of amidine groups is 1. The van der Waals surface area contributed by atoms with Gasteiger partial charge >= 0.3 is 0 Å². The number of halogens is 1. The molecule has 2 aromatic carbocycles. The monoisotopic (exact) mass is 328 g/mol. The molecule has 0 aromatic heterocycles. The van der Waals surface area contributed by atoms with E-state index in [-0.39, 0.29) is 11.1 Å². The highest BCUT2D eigenvalue weighted by atomic mass is 32.2. The minimum atomic E-state index is -0.400. The summed E-state index contributed by atoms with van der Waals surface area (Å²) in [5, 5.41) is 8.11. The van der Waals surface area contributed by atoms with Crippen LogP contribution in [0, 0.1) is 11.2 Å². The summed E-state index contributed by atoms with van der Waals surface area (Å²) in [4.78, 5) is 14.1. The smallest absolute Gasteiger partial charge is 0.271 e. The topological polar surface area (TPSA) is 53.4 Å². The van der Waals surface area contributed by atoms with Crippen molar-refractivity contribution in [1.82, 2.24) is 0 Å². The van der Waals surface area contributed by atoms with Crippen molar-refractivity contribution in [1.29, 1.82) is 5.41 Å². The molecule has 0 atom stereocenters. The molecule has 1 N–H and O–H groups in total. The fourth-order valence-electron chi connectivity index (χ4n) is 2.19. The van der Waals surface area contributed by atoms with Crippen molar-refractivity contribution >= 4 is 34.6 Å². The molecule has 0 unspecified atom stereocenters. The SMILES string of the molecule is COc1ccc(N2C(=N)S/C(=C\c3ccccc3F)C2=O)cc1. The molecule has 0 radical (unpaired) electrons. The van der Waals surface area contributed by atoms with Crippen LogP contribution >= 0.6 is 11.8 Å². The molecule has 1 fully saturated rings. The molecule has 3 rings (SSSR count). The Bertz CT molecular complexity index is 802. The fraction of sp³-hybridized carbons (Fsp3) is 0.0588. The average molecular weight is 328 g/mol. The van der Waals surface area contributed by atoms with Crippen molar-refractivity contribution in [3.05, 3.63) is 64.8 Å². The number of rotatable bonds is 3. The van der Waals surface area contributed by atoms with Crippen molar-refractivity contribution in [3.63, 3.8) is 0 Å². The summed E-state index contributed by atoms with van der Waals surface area (Å²) in [5.41, 5.74) is 0.901. The number of anilines is 1. The number of carbonyl (C=O) groups is 1. The second-order valence-corrected chi connectivity index (χ2v) is 5.81. The highest BCUT2D eigenvalue weighted by Gasteiger charge is 2.33. The van der Waals surface area contributed by atoms with Crippen LogP contribution in [0.15, 0.2) is 53.4 Å². The van der Waals surface area contributed by atoms with Gasteiger partial charge in [0.25, 0.3) is 5.91 Å². The van der Waals surface area contributed by atoms with Gasteiger partial charge in [0.2, 0.25) is 0 Å². The standard InChI is InChI=1S/C17H13FN2O2S/c1-22-13-8-6-12(7-9-13)20-16(21)15(23-17(20)19)10-11-4-2-3-5-14(11)18/h2-10,19H,1H3/b15-10-,19-17?. The van der Waals surface area contributed by atoms with Crippen LogP contribution in [0.5, 0.6) is 5.75 Å². The van der Waals surface area contributed by atoms with Gasteiger partial charge in [0.05, 0.1) is 17.7 Å². The van der Waals surface area contributed by atoms with E-state index in [0.29, 0.717) is 21.9 Å². The van der Waals surface area contributed by atoms with Crippen LogP contribution in [0.2, 0.25) is 0 Å². The third-order valence-corrected chi connectivity index (χ3v) is 4.23. The molecule has 1 saturated heterocycles. The van der Waals surface area contributed by atoms with Crippen LogP contribution in [0.4, 0.5) is 10.1 Å². The zero-order valence-corrected chi connectivity index (χ0v) is 13.1. The van der Waals surface area contributed by atoms with Crippen molar-refractivity contribution in [3.8, 4) is 5.75 Å². The van der Waals surface area contributed by atoms with Gasteiger partial charge in [0.1, 0.15) is 11.6 Å². The molecule has 1 aliphatic rings. The minimum Gasteiger partial charge on any atom is -0.497 e. The van der Waals surface area contributed by atoms with Gasteiger partial charge in [-0.05, 0) is 48.2 Å². The number of methoxy groups -OCH3 is 1. The normalized spacial score (nSPS) is 16.3. The predicted molar refractivity (Wildman–Crippen MR) is 90.2 cm³/mol. The first-order valence-corrected chi connectivity index (χ1v) is 7.63. The van der Waals surface area contributed by atoms with E-state index in [1.807, 2.05) is 0 Å². The number of hydrogen-bond acceptors (Lipinski definition) is 4. The zero-order chi connectivity index (χ0) is 16.4. The Labute approximate surface area is 137 Å². The summed E-state index contributed by atoms with van der Waals surface area (Å²) >= 11 is 1.01. The van der Waals surface area contributed by atoms with Gasteiger partial charge in [-0.15, -0.1) is 0 Å². The minimum absolute atomic E-state index is 0.0859. The van der Waals surface area contributed by atoms with Gasteiger partial charge < -0.3 is 4.74 Å². The molecule has 0 bridgehead atoms. The first-order valence-electron chi connectivity index (χ1n) is 6.81. The first-order chi connectivity index (χ1) is 11.1. The lowest BCUT2D eigenvalue weighted by Gasteiger charge is -2.14. The van der Waals surface area contributed by atoms with Crippen molar-refractivity contribution in [2.45, 2.75) is 0 Å². The Balaban J connectivity index is 1.92. The summed E-state index contributed by atoms with van der Waals surface area (Å²) in [6.45, 7) is 0. The molecule has 2 aromatic rings. The molecule has 6 heteroatoms. The highest BCUT2D eigenvalue weighted by molar-refractivity contribution is 8.19. The summed E-state index contributed by atoms with van der Waals surface area (Å²) in [6, 6.07) is 13.1. The van der Waals surface area contributed by atoms with Crippen LogP contribution in [-0.2, 0) is 4.79 Å². The molecule has 0 spiro atoms. The Morgan fingerprint density at radius 1 is 1.17 bits per heavy atom. The second-order valence-electron chi connectivity index (χ2n) is 4.78. The van der Waals surface area contributed by atoms with E-state index >= 15 is 0 Å². The van der Waals surface area contributed by atoms with Crippen LogP contribution < -0.4 is 9.64 Å². The molecule has 4 nitrogen and oxygen atoms in total. The Morgan fingerprint density at radius 3 is 2.52 bits per heavy atom. The number of hydrogen-bond donors (Lipinski definition) is 1. The molecule has 1 aliphatic heterocycles. The first kappa shape index (κ1) is 15.3. The lowest BCUT2D eigenvalue weighted by atomic mass is 10.2. The third-order valence-electron chi connectivity index (χ3n) is 3.35. The zero-order valence-electron chi connectivity index (χ0n) is 12.2. The largest absolute Gasteiger partial charge is 0.497 e. The van der Waals surface area contributed by atoms with Crippen molar-refractivity contribution in [2.75, 3.05) is 12.0 Å². The molecule has 1 amide bonds. The van der Waals surface area contributed by atoms with E-state index in [9.17, 15) is 9.18 Å². The van der Waals surface area contributed by atoms with E-state index in [1.165, 1.54) is 17.0 Å². The maximum absolute atomic E-state index is 13.7. The Morgan fingerprint density at radius 2 is 1.87 bits per heavy atom. The Hall–Kier alpha value is -2.60. The van der Waals surface area contributed by atoms with E-state index in [0.717, 1.165) is 11.8 Å². The van der Waals surface area contributed by atoms with Gasteiger partial charge in [0, 0.05) is 5.56 Å². The van der Waals surface area contributed by atoms with Gasteiger partial charge in [-0.2, -0.15) is 0 Å². The van der Waals surface area contributed by atoms with Crippen LogP contribution in [-0.4, -0.2) is 18.2 Å². The van der Waals surface area contributed by atoms with E-state index in [4.69, 9.17) is 10.1 Å². The van der Waals surface area contributed by atoms with Crippen LogP contribution in [0.3, 0.4) is 0 Å². The van der Waals surface area contributed by atoms with Crippen LogP contribution in [0.1, 0.15) is 5.56 Å². The van der Waals surface area contributed by atoms with Crippen LogP contribution in [0.25, 0.3) is 6.08 Å². The predicted octanol–water partition coefficient (Wildman–Crippen LogP) is 3.89. The quantitative estimate of drug-likeness (QED) is 0.870. The maximum Gasteiger partial charge on any atom is 0.271 e. The molecular weight excluding hydrogens is 315 g/mol. The van der Waals surface area contributed by atoms with E-state index in [1.54, 1.807) is 49.6 Å². The number of thioether (sulfide) groups is 1. The Kier molecular flexibility index (Phi) is 4.16. The summed E-state index contributed by atoms with van der Waals surface area (Å²) in [7, 11) is 1.56. The number of nitrogens with zero attached hydrogens (tertiary/aromatic N) is 1. The molecule has 23 heavy (non-hydrogen) atoms. The lowest BCUT2D eigenvalue weighted by Crippen LogP contribution is -2.27. The van der Waals surface area contributed by atoms with Gasteiger partial charge in [-0.3, -0.25) is 15.1 Å². The number of nitrogens with one attached hydrogen (secondary N) is 1. The molecular formula is C17H13FN2O2S. The maximum atomic E-state index is 13.7. The highest BCUT2D eigenvalue weighted by Crippen LogP contribution is 2.35. The number of amides is 1. The second kappa shape index (κ2) is 6.26. The molecule has 0 aliphatic carbocycles. The number of carbonyl (C=O) groups excluding carboxylic acids is 1. The molecule has 116 valence electrons. The average Bonchev–Trinajstić information content (AvgIpc) is 2.84. The summed E-state index contributed by atoms with van der Waals surface area (Å²) < 4.78 is 18.8. The van der Waals surface area contributed by atoms with Gasteiger partial charge in [0.15, 0.2) is 5.17 Å². The molecule has 0 saturated carbocycles. The summed E-state index contributed by atoms with van der Waals surface area (Å²) in [6.07, 6.45) is 1.47. The number of ether oxygens (including phenoxy) is 1. The van der Waals surface area contributed by atoms with E-state index < -0.39 is 5.82 Å². The fourth-order valence-corrected chi connectivity index (χ4v) is 3.04. The third kappa shape index (κ3) is 2.98. The summed E-state index contributed by atoms with van der Waals surface area (Å²) in [5.74, 6) is -0.0713. The van der Waals surface area contributed by atoms with Gasteiger partial charge in [-0.1, -0.05) is 18.2 Å². The van der Waals surface area contributed by atoms with Crippen molar-refractivity contribution in [2.24, 2.45) is 0 Å². The lowest BCUT2D eigenvalue weighted by molar-refractivity contribution is -0.113. The van der Waals surface area contributed by atoms with Crippen molar-refractivity contribution < 1.29 is 13.9 Å². The van der Waals surface area contributed by atoms with Gasteiger partial charge in [-0.25, -0.2) is 4.39 Å².